The monoisotopic (exact) mass is 1000 g/mol. The fraction of sp³-hybridized carbons (Fsp3) is 0.0649. The van der Waals surface area contributed by atoms with E-state index in [9.17, 15) is 0 Å². The van der Waals surface area contributed by atoms with E-state index in [-0.39, 0.29) is 5.41 Å². The molecule has 12 aromatic carbocycles. The summed E-state index contributed by atoms with van der Waals surface area (Å²) in [7, 11) is 0. The average Bonchev–Trinajstić information content (AvgIpc) is 3.29. The summed E-state index contributed by atoms with van der Waals surface area (Å²) in [6.07, 6.45) is 0. The Labute approximate surface area is 459 Å². The molecule has 0 radical (unpaired) electrons. The highest BCUT2D eigenvalue weighted by atomic mass is 15.1. The first kappa shape index (κ1) is 43.4. The number of aromatic nitrogens is 1. The fourth-order valence-electron chi connectivity index (χ4n) is 16.1. The maximum Gasteiger partial charge on any atom is 0.0754 e. The van der Waals surface area contributed by atoms with E-state index in [0.717, 1.165) is 17.1 Å². The topological polar surface area (TPSA) is 8.17 Å². The molecular weight excluding hydrogens is 953 g/mol. The zero-order chi connectivity index (χ0) is 51.9. The van der Waals surface area contributed by atoms with Crippen molar-refractivity contribution in [1.82, 2.24) is 4.57 Å². The van der Waals surface area contributed by atoms with Crippen LogP contribution in [-0.2, 0) is 16.2 Å². The highest BCUT2D eigenvalue weighted by molar-refractivity contribution is 6.13. The van der Waals surface area contributed by atoms with Crippen molar-refractivity contribution < 1.29 is 0 Å². The second kappa shape index (κ2) is 15.2. The predicted molar refractivity (Wildman–Crippen MR) is 326 cm³/mol. The molecule has 5 aliphatic rings. The summed E-state index contributed by atoms with van der Waals surface area (Å²) < 4.78 is 2.53. The molecule has 18 rings (SSSR count). The van der Waals surface area contributed by atoms with Crippen molar-refractivity contribution >= 4 is 38.9 Å². The Morgan fingerprint density at radius 1 is 0.278 bits per heavy atom. The van der Waals surface area contributed by atoms with Gasteiger partial charge in [-0.15, -0.1) is 0 Å². The summed E-state index contributed by atoms with van der Waals surface area (Å²) in [6.45, 7) is 4.78. The molecule has 2 heteroatoms. The summed E-state index contributed by atoms with van der Waals surface area (Å²) in [5.41, 5.74) is 32.1. The molecule has 1 aliphatic heterocycles. The Morgan fingerprint density at radius 3 is 1.34 bits per heavy atom. The van der Waals surface area contributed by atoms with Crippen LogP contribution in [0.3, 0.4) is 0 Å². The van der Waals surface area contributed by atoms with Crippen molar-refractivity contribution in [2.45, 2.75) is 30.1 Å². The van der Waals surface area contributed by atoms with Gasteiger partial charge in [-0.1, -0.05) is 226 Å². The molecule has 4 aliphatic carbocycles. The summed E-state index contributed by atoms with van der Waals surface area (Å²) in [5, 5.41) is 2.57. The van der Waals surface area contributed by atoms with Gasteiger partial charge in [0.1, 0.15) is 0 Å². The minimum absolute atomic E-state index is 0.176. The van der Waals surface area contributed by atoms with Crippen molar-refractivity contribution in [2.24, 2.45) is 0 Å². The molecule has 0 bridgehead atoms. The van der Waals surface area contributed by atoms with Crippen LogP contribution in [0.5, 0.6) is 0 Å². The lowest BCUT2D eigenvalue weighted by molar-refractivity contribution is 0.660. The highest BCUT2D eigenvalue weighted by Gasteiger charge is 2.53. The van der Waals surface area contributed by atoms with Crippen LogP contribution in [0.15, 0.2) is 267 Å². The fourth-order valence-corrected chi connectivity index (χ4v) is 16.1. The molecule has 2 spiro atoms. The van der Waals surface area contributed by atoms with Crippen molar-refractivity contribution in [1.29, 1.82) is 0 Å². The minimum Gasteiger partial charge on any atom is -0.310 e. The number of hydrogen-bond donors (Lipinski definition) is 0. The first-order valence-corrected chi connectivity index (χ1v) is 27.9. The number of para-hydroxylation sites is 3. The molecule has 79 heavy (non-hydrogen) atoms. The molecule has 1 aromatic heterocycles. The third kappa shape index (κ3) is 5.28. The number of benzene rings is 12. The van der Waals surface area contributed by atoms with Gasteiger partial charge in [-0.25, -0.2) is 0 Å². The quantitative estimate of drug-likeness (QED) is 0.171. The molecule has 0 saturated carbocycles. The molecule has 0 amide bonds. The Balaban J connectivity index is 0.862. The number of nitrogens with zero attached hydrogens (tertiary/aromatic N) is 2. The first-order chi connectivity index (χ1) is 39.0. The summed E-state index contributed by atoms with van der Waals surface area (Å²) in [5.74, 6) is 0. The largest absolute Gasteiger partial charge is 0.310 e. The second-order valence-electron chi connectivity index (χ2n) is 23.0. The van der Waals surface area contributed by atoms with Crippen LogP contribution in [0.1, 0.15) is 69.5 Å². The molecule has 2 nitrogen and oxygen atoms in total. The summed E-state index contributed by atoms with van der Waals surface area (Å²) in [6, 6.07) is 102. The maximum absolute atomic E-state index is 2.54. The highest BCUT2D eigenvalue weighted by Crippen LogP contribution is 2.65. The van der Waals surface area contributed by atoms with Crippen LogP contribution < -0.4 is 4.90 Å². The number of anilines is 3. The van der Waals surface area contributed by atoms with E-state index < -0.39 is 10.8 Å². The molecule has 0 fully saturated rings. The maximum atomic E-state index is 2.54. The number of rotatable bonds is 4. The van der Waals surface area contributed by atoms with Crippen LogP contribution in [-0.4, -0.2) is 4.57 Å². The lowest BCUT2D eigenvalue weighted by atomic mass is 9.65. The van der Waals surface area contributed by atoms with E-state index in [2.05, 4.69) is 290 Å². The molecule has 1 unspecified atom stereocenters. The Morgan fingerprint density at radius 2 is 0.696 bits per heavy atom. The third-order valence-corrected chi connectivity index (χ3v) is 19.2. The lowest BCUT2D eigenvalue weighted by Crippen LogP contribution is -2.33. The third-order valence-electron chi connectivity index (χ3n) is 19.2. The van der Waals surface area contributed by atoms with E-state index in [4.69, 9.17) is 0 Å². The van der Waals surface area contributed by atoms with Crippen molar-refractivity contribution in [2.75, 3.05) is 4.90 Å². The van der Waals surface area contributed by atoms with Crippen LogP contribution in [0.25, 0.3) is 83.1 Å². The Bertz CT molecular complexity index is 4790. The van der Waals surface area contributed by atoms with E-state index in [0.29, 0.717) is 0 Å². The Kier molecular flexibility index (Phi) is 8.37. The Hall–Kier alpha value is -9.76. The predicted octanol–water partition coefficient (Wildman–Crippen LogP) is 19.2. The molecule has 0 saturated heterocycles. The van der Waals surface area contributed by atoms with E-state index >= 15 is 0 Å². The summed E-state index contributed by atoms with van der Waals surface area (Å²) >= 11 is 0. The second-order valence-corrected chi connectivity index (χ2v) is 23.0. The molecule has 2 heterocycles. The SMILES string of the molecule is CC1(C)c2ccccc2-c2ccc(N(c3cccc(-c4ccc5c(c4)C4(c6ccccc6-5)c5ccccc5-n5c6ccccc6c6cccc4c65)c3)c3ccc4c(c3)C3(c5ccccc5-c5ccccc53)c3ccccc3-4)cc21. The van der Waals surface area contributed by atoms with Crippen LogP contribution in [0, 0.1) is 0 Å². The summed E-state index contributed by atoms with van der Waals surface area (Å²) in [4.78, 5) is 2.54. The average molecular weight is 1000 g/mol. The van der Waals surface area contributed by atoms with Crippen LogP contribution >= 0.6 is 0 Å². The first-order valence-electron chi connectivity index (χ1n) is 27.9. The van der Waals surface area contributed by atoms with Crippen LogP contribution in [0.2, 0.25) is 0 Å². The van der Waals surface area contributed by atoms with E-state index in [1.54, 1.807) is 0 Å². The zero-order valence-corrected chi connectivity index (χ0v) is 43.8. The van der Waals surface area contributed by atoms with Gasteiger partial charge in [0.05, 0.1) is 27.6 Å². The van der Waals surface area contributed by atoms with Gasteiger partial charge in [-0.05, 0) is 166 Å². The molecule has 13 aromatic rings. The number of hydrogen-bond acceptors (Lipinski definition) is 1. The van der Waals surface area contributed by atoms with Gasteiger partial charge >= 0.3 is 0 Å². The standard InChI is InChI=1S/C77H50N2/c1-75(2)62-28-9-3-21-52(62)57-41-38-50(45-69(57)75)78(51-39-42-59-56-25-6-12-31-65(56)76(71(59)46-51)63-29-10-4-22-53(63)54-23-5-11-30-64(54)76)49-20-17-19-47(43-49)48-37-40-58-55-24-7-13-32-66(55)77(70(58)44-48)67-33-14-16-36-73(67)79-72-35-15-8-26-60(72)61-27-18-34-68(77)74(61)79/h3-46H,1-2H3. The van der Waals surface area contributed by atoms with Gasteiger partial charge in [0.15, 0.2) is 0 Å². The van der Waals surface area contributed by atoms with E-state index in [1.165, 1.54) is 139 Å². The zero-order valence-electron chi connectivity index (χ0n) is 43.8. The normalized spacial score (nSPS) is 16.2. The molecule has 368 valence electrons. The van der Waals surface area contributed by atoms with Gasteiger partial charge in [-0.3, -0.25) is 0 Å². The van der Waals surface area contributed by atoms with Gasteiger partial charge in [0, 0.05) is 33.2 Å². The van der Waals surface area contributed by atoms with Crippen molar-refractivity contribution in [3.05, 3.63) is 323 Å². The number of fused-ring (bicyclic) bond motifs is 25. The smallest absolute Gasteiger partial charge is 0.0754 e. The lowest BCUT2D eigenvalue weighted by Gasteiger charge is -2.39. The molecular formula is C77H50N2. The van der Waals surface area contributed by atoms with Gasteiger partial charge in [0.25, 0.3) is 0 Å². The van der Waals surface area contributed by atoms with Crippen molar-refractivity contribution in [3.8, 4) is 61.3 Å². The van der Waals surface area contributed by atoms with Crippen molar-refractivity contribution in [3.63, 3.8) is 0 Å². The minimum atomic E-state index is -0.545. The van der Waals surface area contributed by atoms with Crippen LogP contribution in [0.4, 0.5) is 17.1 Å². The molecule has 1 atom stereocenters. The molecule has 0 N–H and O–H groups in total. The van der Waals surface area contributed by atoms with E-state index in [1.807, 2.05) is 0 Å². The van der Waals surface area contributed by atoms with Gasteiger partial charge in [-0.2, -0.15) is 0 Å². The van der Waals surface area contributed by atoms with Gasteiger partial charge < -0.3 is 9.47 Å². The van der Waals surface area contributed by atoms with Gasteiger partial charge in [0.2, 0.25) is 0 Å².